The summed E-state index contributed by atoms with van der Waals surface area (Å²) in [7, 11) is 0. The fraction of sp³-hybridized carbons (Fsp3) is 0.476. The minimum Gasteiger partial charge on any atom is -0.356 e. The normalized spacial score (nSPS) is 23.2. The van der Waals surface area contributed by atoms with Crippen molar-refractivity contribution in [3.8, 4) is 0 Å². The second kappa shape index (κ2) is 6.83. The number of carbonyl (C=O) groups is 1. The van der Waals surface area contributed by atoms with Crippen molar-refractivity contribution in [1.29, 1.82) is 0 Å². The number of fused-ring (bicyclic) bond motifs is 1. The monoisotopic (exact) mass is 380 g/mol. The van der Waals surface area contributed by atoms with Crippen LogP contribution in [-0.4, -0.2) is 54.0 Å². The molecule has 0 aliphatic carbocycles. The van der Waals surface area contributed by atoms with Gasteiger partial charge in [-0.15, -0.1) is 0 Å². The Hall–Kier alpha value is -2.51. The van der Waals surface area contributed by atoms with Gasteiger partial charge in [0.15, 0.2) is 5.79 Å². The van der Waals surface area contributed by atoms with E-state index in [0.29, 0.717) is 18.9 Å². The van der Waals surface area contributed by atoms with Crippen LogP contribution in [0.4, 0.5) is 11.5 Å². The van der Waals surface area contributed by atoms with E-state index >= 15 is 0 Å². The van der Waals surface area contributed by atoms with Crippen LogP contribution >= 0.6 is 0 Å². The molecule has 0 bridgehead atoms. The predicted molar refractivity (Wildman–Crippen MR) is 105 cm³/mol. The van der Waals surface area contributed by atoms with Crippen LogP contribution in [0, 0.1) is 0 Å². The topological polar surface area (TPSA) is 67.8 Å². The van der Waals surface area contributed by atoms with Gasteiger partial charge in [0.05, 0.1) is 13.2 Å². The Morgan fingerprint density at radius 3 is 2.68 bits per heavy atom. The molecule has 1 amide bonds. The van der Waals surface area contributed by atoms with Gasteiger partial charge in [-0.05, 0) is 25.0 Å². The molecular formula is C21H24N4O3. The van der Waals surface area contributed by atoms with Crippen LogP contribution in [0.1, 0.15) is 35.8 Å². The Morgan fingerprint density at radius 1 is 1.14 bits per heavy atom. The molecule has 1 atom stereocenters. The zero-order valence-electron chi connectivity index (χ0n) is 16.0. The molecular weight excluding hydrogens is 356 g/mol. The Bertz CT molecular complexity index is 887. The summed E-state index contributed by atoms with van der Waals surface area (Å²) < 4.78 is 11.6. The molecule has 7 nitrogen and oxygen atoms in total. The van der Waals surface area contributed by atoms with Gasteiger partial charge in [0.25, 0.3) is 5.91 Å². The molecule has 0 saturated carbocycles. The highest BCUT2D eigenvalue weighted by Gasteiger charge is 2.40. The Morgan fingerprint density at radius 2 is 1.89 bits per heavy atom. The average molecular weight is 380 g/mol. The molecule has 1 unspecified atom stereocenters. The Balaban J connectivity index is 1.35. The van der Waals surface area contributed by atoms with Crippen molar-refractivity contribution in [3.05, 3.63) is 47.9 Å². The minimum absolute atomic E-state index is 0.0722. The molecule has 2 fully saturated rings. The summed E-state index contributed by atoms with van der Waals surface area (Å²) in [5, 5.41) is 0. The van der Waals surface area contributed by atoms with E-state index < -0.39 is 5.79 Å². The summed E-state index contributed by atoms with van der Waals surface area (Å²) >= 11 is 0. The number of rotatable bonds is 2. The van der Waals surface area contributed by atoms with Gasteiger partial charge in [0.2, 0.25) is 0 Å². The lowest BCUT2D eigenvalue weighted by molar-refractivity contribution is -0.169. The quantitative estimate of drug-likeness (QED) is 0.797. The van der Waals surface area contributed by atoms with E-state index in [1.807, 2.05) is 29.2 Å². The number of hydrogen-bond acceptors (Lipinski definition) is 6. The molecule has 28 heavy (non-hydrogen) atoms. The van der Waals surface area contributed by atoms with Gasteiger partial charge in [0.1, 0.15) is 17.8 Å². The highest BCUT2D eigenvalue weighted by atomic mass is 16.7. The molecule has 1 aromatic carbocycles. The van der Waals surface area contributed by atoms with Gasteiger partial charge in [-0.2, -0.15) is 0 Å². The van der Waals surface area contributed by atoms with Crippen LogP contribution in [0.15, 0.2) is 36.7 Å². The van der Waals surface area contributed by atoms with Crippen LogP contribution in [0.25, 0.3) is 0 Å². The molecule has 4 heterocycles. The van der Waals surface area contributed by atoms with Gasteiger partial charge >= 0.3 is 0 Å². The molecule has 7 heteroatoms. The van der Waals surface area contributed by atoms with E-state index in [0.717, 1.165) is 43.9 Å². The summed E-state index contributed by atoms with van der Waals surface area (Å²) in [6, 6.07) is 10.0. The Kier molecular flexibility index (Phi) is 4.29. The number of ether oxygens (including phenoxy) is 2. The predicted octanol–water partition coefficient (Wildman–Crippen LogP) is 2.41. The van der Waals surface area contributed by atoms with E-state index in [-0.39, 0.29) is 11.9 Å². The van der Waals surface area contributed by atoms with Crippen LogP contribution in [0.5, 0.6) is 0 Å². The highest BCUT2D eigenvalue weighted by molar-refractivity contribution is 6.06. The molecule has 1 spiro atoms. The maximum atomic E-state index is 13.2. The number of nitrogens with zero attached hydrogens (tertiary/aromatic N) is 4. The second-order valence-corrected chi connectivity index (χ2v) is 7.71. The zero-order chi connectivity index (χ0) is 19.1. The first-order valence-electron chi connectivity index (χ1n) is 9.92. The molecule has 2 saturated heterocycles. The SMILES string of the molecule is CC1Cc2ccccc2N1C(=O)c1cc(N2CCC3(CC2)OCCO3)ncn1. The standard InChI is InChI=1S/C21H24N4O3/c1-15-12-16-4-2-3-5-18(16)25(15)20(26)17-13-19(23-14-22-17)24-8-6-21(7-9-24)27-10-11-28-21/h2-5,13-15H,6-12H2,1H3. The third-order valence-electron chi connectivity index (χ3n) is 5.96. The van der Waals surface area contributed by atoms with Crippen LogP contribution in [0.2, 0.25) is 0 Å². The van der Waals surface area contributed by atoms with Gasteiger partial charge in [-0.3, -0.25) is 4.79 Å². The molecule has 1 aromatic heterocycles. The van der Waals surface area contributed by atoms with Gasteiger partial charge < -0.3 is 19.3 Å². The molecule has 3 aliphatic heterocycles. The highest BCUT2D eigenvalue weighted by Crippen LogP contribution is 2.34. The van der Waals surface area contributed by atoms with Crippen molar-refractivity contribution in [1.82, 2.24) is 9.97 Å². The molecule has 0 N–H and O–H groups in total. The maximum absolute atomic E-state index is 13.2. The lowest BCUT2D eigenvalue weighted by atomic mass is 10.0. The number of benzene rings is 1. The summed E-state index contributed by atoms with van der Waals surface area (Å²) in [5.74, 6) is 0.292. The number of piperidine rings is 1. The molecule has 2 aromatic rings. The third kappa shape index (κ3) is 2.95. The average Bonchev–Trinajstić information content (AvgIpc) is 3.31. The number of aromatic nitrogens is 2. The van der Waals surface area contributed by atoms with Crippen molar-refractivity contribution < 1.29 is 14.3 Å². The van der Waals surface area contributed by atoms with Crippen molar-refractivity contribution >= 4 is 17.4 Å². The van der Waals surface area contributed by atoms with Crippen molar-refractivity contribution in [2.45, 2.75) is 38.0 Å². The summed E-state index contributed by atoms with van der Waals surface area (Å²) in [5.41, 5.74) is 2.62. The fourth-order valence-corrected chi connectivity index (χ4v) is 4.50. The van der Waals surface area contributed by atoms with Crippen LogP contribution in [0.3, 0.4) is 0 Å². The first kappa shape index (κ1) is 17.6. The molecule has 5 rings (SSSR count). The van der Waals surface area contributed by atoms with E-state index in [2.05, 4.69) is 27.9 Å². The summed E-state index contributed by atoms with van der Waals surface area (Å²) in [6.45, 7) is 4.98. The lowest BCUT2D eigenvalue weighted by Crippen LogP contribution is -2.45. The van der Waals surface area contributed by atoms with E-state index in [1.54, 1.807) is 0 Å². The lowest BCUT2D eigenvalue weighted by Gasteiger charge is -2.38. The molecule has 146 valence electrons. The largest absolute Gasteiger partial charge is 0.356 e. The molecule has 0 radical (unpaired) electrons. The van der Waals surface area contributed by atoms with Crippen LogP contribution in [-0.2, 0) is 15.9 Å². The van der Waals surface area contributed by atoms with E-state index in [4.69, 9.17) is 9.47 Å². The van der Waals surface area contributed by atoms with Crippen molar-refractivity contribution in [2.75, 3.05) is 36.1 Å². The summed E-state index contributed by atoms with van der Waals surface area (Å²) in [4.78, 5) is 26.0. The number of hydrogen-bond donors (Lipinski definition) is 0. The van der Waals surface area contributed by atoms with Crippen molar-refractivity contribution in [3.63, 3.8) is 0 Å². The fourth-order valence-electron chi connectivity index (χ4n) is 4.50. The maximum Gasteiger partial charge on any atom is 0.277 e. The second-order valence-electron chi connectivity index (χ2n) is 7.71. The number of amides is 1. The number of anilines is 2. The van der Waals surface area contributed by atoms with Gasteiger partial charge in [-0.25, -0.2) is 9.97 Å². The smallest absolute Gasteiger partial charge is 0.277 e. The zero-order valence-corrected chi connectivity index (χ0v) is 16.0. The Labute approximate surface area is 164 Å². The first-order valence-corrected chi connectivity index (χ1v) is 9.92. The number of carbonyl (C=O) groups excluding carboxylic acids is 1. The summed E-state index contributed by atoms with van der Waals surface area (Å²) in [6.07, 6.45) is 3.96. The van der Waals surface area contributed by atoms with Gasteiger partial charge in [-0.1, -0.05) is 18.2 Å². The van der Waals surface area contributed by atoms with Gasteiger partial charge in [0, 0.05) is 43.7 Å². The van der Waals surface area contributed by atoms with Crippen LogP contribution < -0.4 is 9.80 Å². The van der Waals surface area contributed by atoms with E-state index in [9.17, 15) is 4.79 Å². The van der Waals surface area contributed by atoms with Crippen molar-refractivity contribution in [2.24, 2.45) is 0 Å². The first-order chi connectivity index (χ1) is 13.7. The molecule has 3 aliphatic rings. The van der Waals surface area contributed by atoms with E-state index in [1.165, 1.54) is 11.9 Å². The number of para-hydroxylation sites is 1. The minimum atomic E-state index is -0.420. The third-order valence-corrected chi connectivity index (χ3v) is 5.96.